The quantitative estimate of drug-likeness (QED) is 0.545. The van der Waals surface area contributed by atoms with E-state index >= 15 is 0 Å². The summed E-state index contributed by atoms with van der Waals surface area (Å²) in [6.45, 7) is 4.41. The van der Waals surface area contributed by atoms with Gasteiger partial charge in [-0.15, -0.1) is 0 Å². The van der Waals surface area contributed by atoms with Crippen LogP contribution in [0.2, 0.25) is 0 Å². The molecule has 1 saturated carbocycles. The minimum Gasteiger partial charge on any atom is -0.392 e. The Balaban J connectivity index is 1.44. The summed E-state index contributed by atoms with van der Waals surface area (Å²) in [5.41, 5.74) is 1.26. The third-order valence-corrected chi connectivity index (χ3v) is 6.63. The number of nitriles is 1. The van der Waals surface area contributed by atoms with Gasteiger partial charge in [0.1, 0.15) is 23.3 Å². The van der Waals surface area contributed by atoms with Crippen molar-refractivity contribution < 1.29 is 14.3 Å². The van der Waals surface area contributed by atoms with Crippen LogP contribution in [0.3, 0.4) is 0 Å². The van der Waals surface area contributed by atoms with Gasteiger partial charge in [0.2, 0.25) is 11.9 Å². The Morgan fingerprint density at radius 1 is 1.38 bits per heavy atom. The summed E-state index contributed by atoms with van der Waals surface area (Å²) in [6, 6.07) is 6.36. The molecule has 0 bridgehead atoms. The molecule has 1 aliphatic carbocycles. The summed E-state index contributed by atoms with van der Waals surface area (Å²) in [5.74, 6) is -0.232. The molecule has 1 aromatic carbocycles. The highest BCUT2D eigenvalue weighted by Gasteiger charge is 2.40. The lowest BCUT2D eigenvalue weighted by molar-refractivity contribution is -0.117. The highest BCUT2D eigenvalue weighted by Crippen LogP contribution is 2.38. The molecule has 32 heavy (non-hydrogen) atoms. The molecule has 0 saturated heterocycles. The zero-order chi connectivity index (χ0) is 22.9. The van der Waals surface area contributed by atoms with Gasteiger partial charge in [0, 0.05) is 23.7 Å². The van der Waals surface area contributed by atoms with Crippen LogP contribution in [0.25, 0.3) is 0 Å². The summed E-state index contributed by atoms with van der Waals surface area (Å²) in [4.78, 5) is 20.9. The number of hydrogen-bond acceptors (Lipinski definition) is 7. The highest BCUT2D eigenvalue weighted by molar-refractivity contribution is 6.02. The number of halogens is 1. The minimum absolute atomic E-state index is 0.0327. The molecule has 4 rings (SSSR count). The number of aromatic nitrogens is 2. The van der Waals surface area contributed by atoms with E-state index in [-0.39, 0.29) is 23.2 Å². The highest BCUT2D eigenvalue weighted by atomic mass is 19.1. The number of carbonyl (C=O) groups is 1. The van der Waals surface area contributed by atoms with Crippen molar-refractivity contribution in [3.63, 3.8) is 0 Å². The smallest absolute Gasteiger partial charge is 0.232 e. The number of hydrogen-bond donors (Lipinski definition) is 4. The fourth-order valence-electron chi connectivity index (χ4n) is 4.49. The van der Waals surface area contributed by atoms with Crippen molar-refractivity contribution in [1.29, 1.82) is 5.26 Å². The molecule has 9 heteroatoms. The molecule has 168 valence electrons. The second kappa shape index (κ2) is 8.71. The Hall–Kier alpha value is -3.25. The van der Waals surface area contributed by atoms with Crippen LogP contribution < -0.4 is 16.0 Å². The van der Waals surface area contributed by atoms with Gasteiger partial charge in [0.05, 0.1) is 18.2 Å². The lowest BCUT2D eigenvalue weighted by atomic mass is 9.71. The standard InChI is InChI=1S/C23H27FN6O2/c1-23(2)18(4-3-5-19(23)31)29-20-13(11-25)12-27-22(30-20)26-9-8-15-16-10-14(24)6-7-17(16)28-21(15)32/h6-7,10,12,15,18-19,31H,3-5,8-9H2,1-2H3,(H,28,32)(H2,26,27,29,30)/t15?,18-,19+/m0/s1. The van der Waals surface area contributed by atoms with Crippen LogP contribution in [0.4, 0.5) is 21.8 Å². The first-order chi connectivity index (χ1) is 15.3. The van der Waals surface area contributed by atoms with Gasteiger partial charge >= 0.3 is 0 Å². The molecule has 0 radical (unpaired) electrons. The van der Waals surface area contributed by atoms with E-state index in [9.17, 15) is 19.6 Å². The summed E-state index contributed by atoms with van der Waals surface area (Å²) in [5, 5.41) is 29.1. The largest absolute Gasteiger partial charge is 0.392 e. The fourth-order valence-corrected chi connectivity index (χ4v) is 4.49. The third kappa shape index (κ3) is 4.23. The molecular formula is C23H27FN6O2. The Bertz CT molecular complexity index is 1070. The first kappa shape index (κ1) is 22.0. The van der Waals surface area contributed by atoms with E-state index in [0.29, 0.717) is 41.5 Å². The monoisotopic (exact) mass is 438 g/mol. The van der Waals surface area contributed by atoms with Gasteiger partial charge < -0.3 is 21.1 Å². The van der Waals surface area contributed by atoms with E-state index in [1.807, 2.05) is 13.8 Å². The number of aliphatic hydroxyl groups is 1. The maximum absolute atomic E-state index is 13.6. The number of anilines is 3. The van der Waals surface area contributed by atoms with Crippen molar-refractivity contribution >= 4 is 23.4 Å². The van der Waals surface area contributed by atoms with E-state index in [1.54, 1.807) is 6.07 Å². The van der Waals surface area contributed by atoms with Crippen LogP contribution in [-0.4, -0.2) is 39.7 Å². The number of nitrogens with zero attached hydrogens (tertiary/aromatic N) is 3. The first-order valence-corrected chi connectivity index (χ1v) is 10.9. The second-order valence-corrected chi connectivity index (χ2v) is 9.02. The summed E-state index contributed by atoms with van der Waals surface area (Å²) in [6.07, 6.45) is 3.99. The zero-order valence-electron chi connectivity index (χ0n) is 18.2. The molecule has 8 nitrogen and oxygen atoms in total. The predicted molar refractivity (Wildman–Crippen MR) is 119 cm³/mol. The second-order valence-electron chi connectivity index (χ2n) is 9.02. The van der Waals surface area contributed by atoms with Gasteiger partial charge in [-0.2, -0.15) is 10.2 Å². The molecule has 2 aromatic rings. The topological polar surface area (TPSA) is 123 Å². The lowest BCUT2D eigenvalue weighted by Crippen LogP contribution is -2.48. The Morgan fingerprint density at radius 3 is 2.97 bits per heavy atom. The Morgan fingerprint density at radius 2 is 2.19 bits per heavy atom. The lowest BCUT2D eigenvalue weighted by Gasteiger charge is -2.43. The fraction of sp³-hybridized carbons (Fsp3) is 0.478. The minimum atomic E-state index is -0.450. The summed E-state index contributed by atoms with van der Waals surface area (Å²) >= 11 is 0. The van der Waals surface area contributed by atoms with Crippen molar-refractivity contribution in [2.75, 3.05) is 22.5 Å². The van der Waals surface area contributed by atoms with Crippen molar-refractivity contribution in [3.8, 4) is 6.07 Å². The van der Waals surface area contributed by atoms with Crippen molar-refractivity contribution in [2.45, 2.75) is 57.6 Å². The summed E-state index contributed by atoms with van der Waals surface area (Å²) < 4.78 is 13.6. The van der Waals surface area contributed by atoms with Crippen molar-refractivity contribution in [2.24, 2.45) is 5.41 Å². The maximum Gasteiger partial charge on any atom is 0.232 e. The molecule has 1 aromatic heterocycles. The van der Waals surface area contributed by atoms with Gasteiger partial charge in [-0.1, -0.05) is 13.8 Å². The van der Waals surface area contributed by atoms with E-state index in [2.05, 4.69) is 32.0 Å². The third-order valence-electron chi connectivity index (χ3n) is 6.63. The Labute approximate surface area is 186 Å². The van der Waals surface area contributed by atoms with Crippen molar-refractivity contribution in [1.82, 2.24) is 9.97 Å². The van der Waals surface area contributed by atoms with Gasteiger partial charge in [-0.3, -0.25) is 4.79 Å². The van der Waals surface area contributed by atoms with Gasteiger partial charge in [0.25, 0.3) is 0 Å². The van der Waals surface area contributed by atoms with Crippen molar-refractivity contribution in [3.05, 3.63) is 41.3 Å². The zero-order valence-corrected chi connectivity index (χ0v) is 18.2. The molecular weight excluding hydrogens is 411 g/mol. The van der Waals surface area contributed by atoms with E-state index < -0.39 is 12.0 Å². The van der Waals surface area contributed by atoms with Crippen LogP contribution in [0.15, 0.2) is 24.4 Å². The van der Waals surface area contributed by atoms with Gasteiger partial charge in [-0.25, -0.2) is 9.37 Å². The first-order valence-electron chi connectivity index (χ1n) is 10.9. The van der Waals surface area contributed by atoms with Crippen LogP contribution in [0, 0.1) is 22.6 Å². The average Bonchev–Trinajstić information content (AvgIpc) is 3.06. The molecule has 2 heterocycles. The Kier molecular flexibility index (Phi) is 5.98. The molecule has 1 amide bonds. The number of rotatable bonds is 6. The molecule has 1 unspecified atom stereocenters. The number of carbonyl (C=O) groups excluding carboxylic acids is 1. The maximum atomic E-state index is 13.6. The number of nitrogens with one attached hydrogen (secondary N) is 3. The van der Waals surface area contributed by atoms with Crippen LogP contribution in [-0.2, 0) is 4.79 Å². The van der Waals surface area contributed by atoms with Crippen LogP contribution in [0.1, 0.15) is 56.6 Å². The average molecular weight is 439 g/mol. The molecule has 4 N–H and O–H groups in total. The normalized spacial score (nSPS) is 23.7. The van der Waals surface area contributed by atoms with Crippen LogP contribution >= 0.6 is 0 Å². The molecule has 3 atom stereocenters. The number of amides is 1. The molecule has 0 spiro atoms. The number of aliphatic hydroxyl groups excluding tert-OH is 1. The number of benzene rings is 1. The van der Waals surface area contributed by atoms with E-state index in [4.69, 9.17) is 0 Å². The molecule has 1 aliphatic heterocycles. The SMILES string of the molecule is CC1(C)[C@H](O)CCC[C@@H]1Nc1nc(NCCC2C(=O)Nc3ccc(F)cc32)ncc1C#N. The van der Waals surface area contributed by atoms with E-state index in [1.165, 1.54) is 18.3 Å². The summed E-state index contributed by atoms with van der Waals surface area (Å²) in [7, 11) is 0. The van der Waals surface area contributed by atoms with Gasteiger partial charge in [-0.05, 0) is 49.4 Å². The van der Waals surface area contributed by atoms with E-state index in [0.717, 1.165) is 19.3 Å². The van der Waals surface area contributed by atoms with Gasteiger partial charge in [0.15, 0.2) is 0 Å². The number of fused-ring (bicyclic) bond motifs is 1. The predicted octanol–water partition coefficient (Wildman–Crippen LogP) is 3.38. The molecule has 1 fully saturated rings. The van der Waals surface area contributed by atoms with Crippen LogP contribution in [0.5, 0.6) is 0 Å². The molecule has 2 aliphatic rings.